The van der Waals surface area contributed by atoms with Crippen molar-refractivity contribution in [3.8, 4) is 0 Å². The molecular weight excluding hydrogens is 212 g/mol. The highest BCUT2D eigenvalue weighted by molar-refractivity contribution is 5.76. The van der Waals surface area contributed by atoms with Crippen LogP contribution >= 0.6 is 0 Å². The molecule has 6 heteroatoms. The molecule has 0 atom stereocenters. The van der Waals surface area contributed by atoms with Gasteiger partial charge in [-0.2, -0.15) is 0 Å². The van der Waals surface area contributed by atoms with Gasteiger partial charge >= 0.3 is 5.97 Å². The number of carbonyl (C=O) groups is 1. The fraction of sp³-hybridized carbons (Fsp3) is 0.300. The van der Waals surface area contributed by atoms with E-state index in [1.165, 1.54) is 6.07 Å². The number of benzene rings is 1. The van der Waals surface area contributed by atoms with Crippen LogP contribution in [-0.4, -0.2) is 29.1 Å². The normalized spacial score (nSPS) is 13.6. The van der Waals surface area contributed by atoms with Crippen molar-refractivity contribution in [2.45, 2.75) is 6.42 Å². The van der Waals surface area contributed by atoms with Crippen LogP contribution in [0.5, 0.6) is 0 Å². The summed E-state index contributed by atoms with van der Waals surface area (Å²) in [5, 5.41) is 19.5. The number of aliphatic carboxylic acids is 1. The average molecular weight is 222 g/mol. The Hall–Kier alpha value is -2.11. The Labute approximate surface area is 91.3 Å². The fourth-order valence-corrected chi connectivity index (χ4v) is 1.98. The zero-order valence-electron chi connectivity index (χ0n) is 8.42. The Morgan fingerprint density at radius 1 is 1.56 bits per heavy atom. The molecule has 0 unspecified atom stereocenters. The number of nitro groups is 1. The third-order valence-electron chi connectivity index (χ3n) is 2.62. The predicted octanol–water partition coefficient (Wildman–Crippen LogP) is 1.04. The van der Waals surface area contributed by atoms with E-state index in [2.05, 4.69) is 0 Å². The van der Waals surface area contributed by atoms with Crippen molar-refractivity contribution in [2.75, 3.05) is 18.0 Å². The third kappa shape index (κ3) is 1.69. The second-order valence-corrected chi connectivity index (χ2v) is 3.60. The molecule has 1 heterocycles. The zero-order chi connectivity index (χ0) is 11.7. The van der Waals surface area contributed by atoms with Gasteiger partial charge in [0.2, 0.25) is 0 Å². The molecule has 0 aliphatic carbocycles. The molecule has 0 aromatic heterocycles. The first-order valence-corrected chi connectivity index (χ1v) is 4.82. The van der Waals surface area contributed by atoms with Gasteiger partial charge in [0.15, 0.2) is 0 Å². The molecule has 0 spiro atoms. The van der Waals surface area contributed by atoms with Gasteiger partial charge in [0.25, 0.3) is 5.69 Å². The van der Waals surface area contributed by atoms with Crippen molar-refractivity contribution in [3.63, 3.8) is 0 Å². The van der Waals surface area contributed by atoms with Gasteiger partial charge in [-0.25, -0.2) is 0 Å². The lowest BCUT2D eigenvalue weighted by Crippen LogP contribution is -2.27. The van der Waals surface area contributed by atoms with Gasteiger partial charge in [0.1, 0.15) is 6.54 Å². The van der Waals surface area contributed by atoms with Crippen LogP contribution in [0.2, 0.25) is 0 Å². The van der Waals surface area contributed by atoms with E-state index in [1.54, 1.807) is 17.0 Å². The van der Waals surface area contributed by atoms with Crippen LogP contribution in [0.3, 0.4) is 0 Å². The summed E-state index contributed by atoms with van der Waals surface area (Å²) in [6.07, 6.45) is 0.528. The fourth-order valence-electron chi connectivity index (χ4n) is 1.98. The molecule has 1 aliphatic rings. The maximum atomic E-state index is 10.8. The predicted molar refractivity (Wildman–Crippen MR) is 56.6 cm³/mol. The van der Waals surface area contributed by atoms with Crippen molar-refractivity contribution in [2.24, 2.45) is 0 Å². The summed E-state index contributed by atoms with van der Waals surface area (Å²) in [5.41, 5.74) is 1.37. The number of fused-ring (bicyclic) bond motifs is 1. The lowest BCUT2D eigenvalue weighted by atomic mass is 10.1. The molecule has 0 fully saturated rings. The van der Waals surface area contributed by atoms with Gasteiger partial charge in [0, 0.05) is 18.3 Å². The van der Waals surface area contributed by atoms with Crippen LogP contribution in [0.1, 0.15) is 5.56 Å². The first kappa shape index (κ1) is 10.4. The second kappa shape index (κ2) is 3.80. The van der Waals surface area contributed by atoms with Crippen LogP contribution in [0.15, 0.2) is 18.2 Å². The summed E-state index contributed by atoms with van der Waals surface area (Å²) in [6, 6.07) is 4.75. The van der Waals surface area contributed by atoms with Crippen molar-refractivity contribution in [1.82, 2.24) is 0 Å². The van der Waals surface area contributed by atoms with Gasteiger partial charge in [-0.05, 0) is 12.5 Å². The van der Waals surface area contributed by atoms with Crippen molar-refractivity contribution in [3.05, 3.63) is 33.9 Å². The van der Waals surface area contributed by atoms with Crippen LogP contribution in [-0.2, 0) is 11.2 Å². The van der Waals surface area contributed by atoms with Crippen LogP contribution < -0.4 is 4.90 Å². The summed E-state index contributed by atoms with van der Waals surface area (Å²) in [6.45, 7) is 0.403. The Morgan fingerprint density at radius 2 is 2.31 bits per heavy atom. The number of nitrogens with zero attached hydrogens (tertiary/aromatic N) is 2. The van der Waals surface area contributed by atoms with Crippen LogP contribution in [0.4, 0.5) is 11.4 Å². The summed E-state index contributed by atoms with van der Waals surface area (Å²) in [4.78, 5) is 22.6. The van der Waals surface area contributed by atoms with Crippen molar-refractivity contribution >= 4 is 17.3 Å². The molecule has 84 valence electrons. The summed E-state index contributed by atoms with van der Waals surface area (Å²) >= 11 is 0. The van der Waals surface area contributed by atoms with E-state index < -0.39 is 10.9 Å². The van der Waals surface area contributed by atoms with Gasteiger partial charge in [-0.1, -0.05) is 6.07 Å². The molecule has 1 aromatic rings. The number of anilines is 1. The van der Waals surface area contributed by atoms with E-state index in [-0.39, 0.29) is 12.2 Å². The molecule has 0 amide bonds. The van der Waals surface area contributed by atoms with Crippen LogP contribution in [0.25, 0.3) is 0 Å². The van der Waals surface area contributed by atoms with Gasteiger partial charge in [-0.3, -0.25) is 14.9 Å². The monoisotopic (exact) mass is 222 g/mol. The molecule has 1 aliphatic heterocycles. The van der Waals surface area contributed by atoms with E-state index >= 15 is 0 Å². The highest BCUT2D eigenvalue weighted by Gasteiger charge is 2.27. The molecule has 2 rings (SSSR count). The zero-order valence-corrected chi connectivity index (χ0v) is 8.42. The SMILES string of the molecule is O=C(O)CN1CCc2c1cccc2[N+](=O)[O-]. The van der Waals surface area contributed by atoms with E-state index in [0.717, 1.165) is 0 Å². The minimum atomic E-state index is -0.931. The van der Waals surface area contributed by atoms with Gasteiger partial charge in [0.05, 0.1) is 10.5 Å². The lowest BCUT2D eigenvalue weighted by molar-refractivity contribution is -0.385. The second-order valence-electron chi connectivity index (χ2n) is 3.60. The van der Waals surface area contributed by atoms with Gasteiger partial charge in [-0.15, -0.1) is 0 Å². The summed E-state index contributed by atoms with van der Waals surface area (Å²) in [5.74, 6) is -0.931. The number of carboxylic acids is 1. The molecule has 1 aromatic carbocycles. The third-order valence-corrected chi connectivity index (χ3v) is 2.62. The largest absolute Gasteiger partial charge is 0.480 e. The lowest BCUT2D eigenvalue weighted by Gasteiger charge is -2.15. The highest BCUT2D eigenvalue weighted by atomic mass is 16.6. The standard InChI is InChI=1S/C10H10N2O4/c13-10(14)6-11-5-4-7-8(11)2-1-3-9(7)12(15)16/h1-3H,4-6H2,(H,13,14). The number of nitro benzene ring substituents is 1. The quantitative estimate of drug-likeness (QED) is 0.610. The molecule has 0 bridgehead atoms. The Balaban J connectivity index is 2.37. The number of hydrogen-bond donors (Lipinski definition) is 1. The summed E-state index contributed by atoms with van der Waals surface area (Å²) < 4.78 is 0. The molecule has 16 heavy (non-hydrogen) atoms. The highest BCUT2D eigenvalue weighted by Crippen LogP contribution is 2.34. The molecule has 0 saturated carbocycles. The van der Waals surface area contributed by atoms with Crippen LogP contribution in [0, 0.1) is 10.1 Å². The van der Waals surface area contributed by atoms with Crippen molar-refractivity contribution in [1.29, 1.82) is 0 Å². The number of hydrogen-bond acceptors (Lipinski definition) is 4. The minimum absolute atomic E-state index is 0.0744. The van der Waals surface area contributed by atoms with E-state index in [1.807, 2.05) is 0 Å². The smallest absolute Gasteiger partial charge is 0.323 e. The topological polar surface area (TPSA) is 83.7 Å². The Kier molecular flexibility index (Phi) is 2.47. The molecule has 0 saturated heterocycles. The number of carboxylic acid groups (broad SMARTS) is 1. The van der Waals surface area contributed by atoms with Crippen molar-refractivity contribution < 1.29 is 14.8 Å². The molecular formula is C10H10N2O4. The Bertz CT molecular complexity index is 458. The van der Waals surface area contributed by atoms with E-state index in [0.29, 0.717) is 24.2 Å². The first-order chi connectivity index (χ1) is 7.59. The first-order valence-electron chi connectivity index (χ1n) is 4.82. The molecule has 0 radical (unpaired) electrons. The number of rotatable bonds is 3. The maximum absolute atomic E-state index is 10.8. The molecule has 6 nitrogen and oxygen atoms in total. The Morgan fingerprint density at radius 3 is 2.94 bits per heavy atom. The van der Waals surface area contributed by atoms with Gasteiger partial charge < -0.3 is 10.0 Å². The minimum Gasteiger partial charge on any atom is -0.480 e. The summed E-state index contributed by atoms with van der Waals surface area (Å²) in [7, 11) is 0. The van der Waals surface area contributed by atoms with E-state index in [4.69, 9.17) is 5.11 Å². The van der Waals surface area contributed by atoms with E-state index in [9.17, 15) is 14.9 Å². The maximum Gasteiger partial charge on any atom is 0.323 e. The molecule has 1 N–H and O–H groups in total. The average Bonchev–Trinajstić information content (AvgIpc) is 2.60.